The number of thioether (sulfide) groups is 1. The average molecular weight is 412 g/mol. The Morgan fingerprint density at radius 1 is 1.00 bits per heavy atom. The van der Waals surface area contributed by atoms with Crippen LogP contribution in [0, 0.1) is 0 Å². The molecular weight excluding hydrogens is 395 g/mol. The van der Waals surface area contributed by atoms with E-state index in [2.05, 4.69) is 21.7 Å². The van der Waals surface area contributed by atoms with Gasteiger partial charge in [-0.3, -0.25) is 0 Å². The zero-order valence-corrected chi connectivity index (χ0v) is 16.5. The van der Waals surface area contributed by atoms with Crippen LogP contribution in [0.25, 0.3) is 0 Å². The van der Waals surface area contributed by atoms with E-state index in [4.69, 9.17) is 34.8 Å². The summed E-state index contributed by atoms with van der Waals surface area (Å²) in [6.45, 7) is 0.887. The standard InChI is InChI=1S/C19H17Cl3N2S/c20-15-4-7-17(8-5-15)25-18(12-24-10-9-23-13-24)6-2-14-1-3-16(21)11-19(14)22/h1,3-5,7-11,13,18H,2,6,12H2. The predicted octanol–water partition coefficient (Wildman–Crippen LogP) is 6.64. The molecule has 0 aliphatic rings. The van der Waals surface area contributed by atoms with E-state index in [-0.39, 0.29) is 0 Å². The highest BCUT2D eigenvalue weighted by atomic mass is 35.5. The van der Waals surface area contributed by atoms with Crippen molar-refractivity contribution in [1.29, 1.82) is 0 Å². The van der Waals surface area contributed by atoms with Crippen molar-refractivity contribution in [2.24, 2.45) is 0 Å². The summed E-state index contributed by atoms with van der Waals surface area (Å²) < 4.78 is 2.11. The van der Waals surface area contributed by atoms with Gasteiger partial charge in [0.1, 0.15) is 0 Å². The number of hydrogen-bond donors (Lipinski definition) is 0. The van der Waals surface area contributed by atoms with Crippen LogP contribution in [0.2, 0.25) is 15.1 Å². The molecule has 130 valence electrons. The van der Waals surface area contributed by atoms with Crippen LogP contribution in [0.4, 0.5) is 0 Å². The molecule has 0 fully saturated rings. The third kappa shape index (κ3) is 5.68. The number of benzene rings is 2. The van der Waals surface area contributed by atoms with E-state index in [0.717, 1.165) is 35.0 Å². The fourth-order valence-electron chi connectivity index (χ4n) is 2.56. The van der Waals surface area contributed by atoms with Gasteiger partial charge in [-0.05, 0) is 54.8 Å². The number of rotatable bonds is 7. The number of nitrogens with zero attached hydrogens (tertiary/aromatic N) is 2. The van der Waals surface area contributed by atoms with Crippen LogP contribution < -0.4 is 0 Å². The van der Waals surface area contributed by atoms with Crippen molar-refractivity contribution < 1.29 is 0 Å². The summed E-state index contributed by atoms with van der Waals surface area (Å²) in [6, 6.07) is 13.7. The molecule has 0 aliphatic heterocycles. The molecule has 1 unspecified atom stereocenters. The maximum atomic E-state index is 6.31. The average Bonchev–Trinajstić information content (AvgIpc) is 3.09. The van der Waals surface area contributed by atoms with E-state index in [1.165, 1.54) is 4.90 Å². The Labute approximate surface area is 167 Å². The maximum absolute atomic E-state index is 6.31. The number of aryl methyl sites for hydroxylation is 1. The van der Waals surface area contributed by atoms with Gasteiger partial charge in [0.05, 0.1) is 6.33 Å². The number of hydrogen-bond acceptors (Lipinski definition) is 2. The molecule has 3 rings (SSSR count). The fourth-order valence-corrected chi connectivity index (χ4v) is 4.35. The van der Waals surface area contributed by atoms with Crippen molar-refractivity contribution in [3.8, 4) is 0 Å². The lowest BCUT2D eigenvalue weighted by atomic mass is 10.1. The fraction of sp³-hybridized carbons (Fsp3) is 0.211. The van der Waals surface area contributed by atoms with E-state index >= 15 is 0 Å². The molecule has 6 heteroatoms. The molecule has 1 heterocycles. The van der Waals surface area contributed by atoms with Gasteiger partial charge in [-0.15, -0.1) is 11.8 Å². The van der Waals surface area contributed by atoms with Crippen molar-refractivity contribution >= 4 is 46.6 Å². The van der Waals surface area contributed by atoms with Gasteiger partial charge in [0.15, 0.2) is 0 Å². The Morgan fingerprint density at radius 2 is 1.76 bits per heavy atom. The molecule has 0 aliphatic carbocycles. The smallest absolute Gasteiger partial charge is 0.0946 e. The Balaban J connectivity index is 1.70. The van der Waals surface area contributed by atoms with Crippen LogP contribution in [0.15, 0.2) is 66.1 Å². The molecule has 25 heavy (non-hydrogen) atoms. The van der Waals surface area contributed by atoms with Crippen LogP contribution in [0.5, 0.6) is 0 Å². The molecule has 2 nitrogen and oxygen atoms in total. The van der Waals surface area contributed by atoms with Crippen LogP contribution >= 0.6 is 46.6 Å². The number of aromatic nitrogens is 2. The molecule has 0 spiro atoms. The van der Waals surface area contributed by atoms with Crippen molar-refractivity contribution in [3.63, 3.8) is 0 Å². The third-order valence-electron chi connectivity index (χ3n) is 3.84. The van der Waals surface area contributed by atoms with Crippen molar-refractivity contribution in [2.45, 2.75) is 29.5 Å². The highest BCUT2D eigenvalue weighted by molar-refractivity contribution is 8.00. The Hall–Kier alpha value is -1.13. The van der Waals surface area contributed by atoms with E-state index in [1.54, 1.807) is 12.3 Å². The number of halogens is 3. The molecule has 1 atom stereocenters. The van der Waals surface area contributed by atoms with Crippen molar-refractivity contribution in [1.82, 2.24) is 9.55 Å². The van der Waals surface area contributed by atoms with E-state index < -0.39 is 0 Å². The van der Waals surface area contributed by atoms with Crippen LogP contribution in [-0.2, 0) is 13.0 Å². The first-order valence-corrected chi connectivity index (χ1v) is 9.93. The summed E-state index contributed by atoms with van der Waals surface area (Å²) in [5.74, 6) is 0. The van der Waals surface area contributed by atoms with E-state index in [0.29, 0.717) is 10.3 Å². The van der Waals surface area contributed by atoms with Gasteiger partial charge in [-0.1, -0.05) is 40.9 Å². The summed E-state index contributed by atoms with van der Waals surface area (Å²) >= 11 is 20.1. The molecule has 0 bridgehead atoms. The minimum absolute atomic E-state index is 0.391. The summed E-state index contributed by atoms with van der Waals surface area (Å²) in [7, 11) is 0. The minimum atomic E-state index is 0.391. The second kappa shape index (κ2) is 9.00. The molecule has 0 radical (unpaired) electrons. The van der Waals surface area contributed by atoms with Crippen LogP contribution in [0.1, 0.15) is 12.0 Å². The predicted molar refractivity (Wildman–Crippen MR) is 108 cm³/mol. The first-order chi connectivity index (χ1) is 12.1. The first-order valence-electron chi connectivity index (χ1n) is 7.92. The van der Waals surface area contributed by atoms with Gasteiger partial charge < -0.3 is 4.57 Å². The summed E-state index contributed by atoms with van der Waals surface area (Å²) in [4.78, 5) is 5.34. The zero-order chi connectivity index (χ0) is 17.6. The zero-order valence-electron chi connectivity index (χ0n) is 13.4. The number of imidazole rings is 1. The quantitative estimate of drug-likeness (QED) is 0.406. The van der Waals surface area contributed by atoms with E-state index in [9.17, 15) is 0 Å². The summed E-state index contributed by atoms with van der Waals surface area (Å²) in [5, 5.41) is 2.54. The van der Waals surface area contributed by atoms with Crippen molar-refractivity contribution in [2.75, 3.05) is 0 Å². The molecule has 0 amide bonds. The SMILES string of the molecule is Clc1ccc(SC(CCc2ccc(Cl)cc2Cl)Cn2ccnc2)cc1. The van der Waals surface area contributed by atoms with E-state index in [1.807, 2.05) is 48.6 Å². The lowest BCUT2D eigenvalue weighted by Crippen LogP contribution is -2.13. The third-order valence-corrected chi connectivity index (χ3v) is 5.94. The topological polar surface area (TPSA) is 17.8 Å². The van der Waals surface area contributed by atoms with Gasteiger partial charge in [-0.2, -0.15) is 0 Å². The second-order valence-electron chi connectivity index (χ2n) is 5.73. The molecule has 2 aromatic carbocycles. The van der Waals surface area contributed by atoms with Crippen LogP contribution in [0.3, 0.4) is 0 Å². The normalized spacial score (nSPS) is 12.3. The lowest BCUT2D eigenvalue weighted by molar-refractivity contribution is 0.624. The van der Waals surface area contributed by atoms with Gasteiger partial charge in [-0.25, -0.2) is 4.98 Å². The van der Waals surface area contributed by atoms with Gasteiger partial charge in [0, 0.05) is 44.2 Å². The molecule has 0 saturated carbocycles. The maximum Gasteiger partial charge on any atom is 0.0946 e. The Kier molecular flexibility index (Phi) is 6.71. The summed E-state index contributed by atoms with van der Waals surface area (Å²) in [5.41, 5.74) is 1.12. The molecule has 0 N–H and O–H groups in total. The monoisotopic (exact) mass is 410 g/mol. The lowest BCUT2D eigenvalue weighted by Gasteiger charge is -2.18. The van der Waals surface area contributed by atoms with Gasteiger partial charge in [0.25, 0.3) is 0 Å². The molecular formula is C19H17Cl3N2S. The Morgan fingerprint density at radius 3 is 2.44 bits per heavy atom. The van der Waals surface area contributed by atoms with Gasteiger partial charge in [0.2, 0.25) is 0 Å². The van der Waals surface area contributed by atoms with Gasteiger partial charge >= 0.3 is 0 Å². The highest BCUT2D eigenvalue weighted by Crippen LogP contribution is 2.30. The summed E-state index contributed by atoms with van der Waals surface area (Å²) in [6.07, 6.45) is 7.54. The molecule has 0 saturated heterocycles. The second-order valence-corrected chi connectivity index (χ2v) is 8.38. The highest BCUT2D eigenvalue weighted by Gasteiger charge is 2.13. The minimum Gasteiger partial charge on any atom is -0.336 e. The molecule has 1 aromatic heterocycles. The first kappa shape index (κ1) is 18.7. The van der Waals surface area contributed by atoms with Crippen LogP contribution in [-0.4, -0.2) is 14.8 Å². The largest absolute Gasteiger partial charge is 0.336 e. The Bertz CT molecular complexity index is 804. The molecule has 3 aromatic rings. The van der Waals surface area contributed by atoms with Crippen molar-refractivity contribution in [3.05, 3.63) is 81.8 Å².